The maximum atomic E-state index is 13.7. The molecule has 230 valence electrons. The fraction of sp³-hybridized carbons (Fsp3) is 0.200. The number of rotatable bonds is 8. The number of carbonyl (C=O) groups excluding carboxylic acids is 2. The standard InChI is InChI=1S/C40H35NO5/c1-27-14-16-28(17-15-27)24-44-32-20-18-29(19-21-32)25-45-39(42)38-22-30-8-2-3-9-31(30)23-41(38)40(43)46-26-37-35-12-6-4-10-33(35)34-11-5-7-13-36(34)37/h2-21,37-38H,22-26H2,1H3/t38-/m1/s1. The molecule has 0 bridgehead atoms. The third-order valence-electron chi connectivity index (χ3n) is 8.92. The van der Waals surface area contributed by atoms with Crippen molar-refractivity contribution in [2.45, 2.75) is 45.1 Å². The normalized spacial score (nSPS) is 15.0. The Balaban J connectivity index is 1.01. The summed E-state index contributed by atoms with van der Waals surface area (Å²) in [6.45, 7) is 3.09. The van der Waals surface area contributed by atoms with Gasteiger partial charge < -0.3 is 14.2 Å². The predicted octanol–water partition coefficient (Wildman–Crippen LogP) is 7.99. The second kappa shape index (κ2) is 12.9. The number of hydrogen-bond acceptors (Lipinski definition) is 5. The van der Waals surface area contributed by atoms with Gasteiger partial charge in [0.25, 0.3) is 0 Å². The molecule has 6 nitrogen and oxygen atoms in total. The van der Waals surface area contributed by atoms with Crippen LogP contribution in [0.2, 0.25) is 0 Å². The van der Waals surface area contributed by atoms with Crippen molar-refractivity contribution < 1.29 is 23.8 Å². The van der Waals surface area contributed by atoms with Gasteiger partial charge in [-0.2, -0.15) is 0 Å². The molecular formula is C40H35NO5. The van der Waals surface area contributed by atoms with Crippen LogP contribution in [0.25, 0.3) is 11.1 Å². The third-order valence-corrected chi connectivity index (χ3v) is 8.92. The molecule has 0 aromatic heterocycles. The molecule has 1 aliphatic heterocycles. The Labute approximate surface area is 269 Å². The van der Waals surface area contributed by atoms with E-state index in [1.165, 1.54) is 21.6 Å². The van der Waals surface area contributed by atoms with E-state index in [-0.39, 0.29) is 25.7 Å². The molecule has 1 amide bonds. The van der Waals surface area contributed by atoms with E-state index in [9.17, 15) is 9.59 Å². The van der Waals surface area contributed by atoms with Crippen LogP contribution < -0.4 is 4.74 Å². The molecule has 0 saturated carbocycles. The monoisotopic (exact) mass is 609 g/mol. The zero-order chi connectivity index (χ0) is 31.5. The van der Waals surface area contributed by atoms with E-state index in [0.29, 0.717) is 13.0 Å². The first-order valence-electron chi connectivity index (χ1n) is 15.7. The van der Waals surface area contributed by atoms with Crippen LogP contribution in [0.3, 0.4) is 0 Å². The SMILES string of the molecule is Cc1ccc(COc2ccc(COC(=O)[C@H]3Cc4ccccc4CN3C(=O)OCC3c4ccccc4-c4ccccc43)cc2)cc1. The van der Waals surface area contributed by atoms with Crippen LogP contribution in [0.5, 0.6) is 5.75 Å². The molecule has 0 unspecified atom stereocenters. The van der Waals surface area contributed by atoms with Crippen molar-refractivity contribution in [2.75, 3.05) is 6.61 Å². The molecule has 0 radical (unpaired) electrons. The van der Waals surface area contributed by atoms with Crippen molar-refractivity contribution in [3.05, 3.63) is 160 Å². The van der Waals surface area contributed by atoms with Crippen molar-refractivity contribution in [1.82, 2.24) is 4.90 Å². The maximum absolute atomic E-state index is 13.7. The molecule has 5 aromatic rings. The largest absolute Gasteiger partial charge is 0.489 e. The Kier molecular flexibility index (Phi) is 8.26. The molecular weight excluding hydrogens is 574 g/mol. The number of esters is 1. The smallest absolute Gasteiger partial charge is 0.410 e. The van der Waals surface area contributed by atoms with Crippen LogP contribution in [-0.4, -0.2) is 29.6 Å². The Bertz CT molecular complexity index is 1820. The quantitative estimate of drug-likeness (QED) is 0.167. The summed E-state index contributed by atoms with van der Waals surface area (Å²) in [6, 6.07) is 39.3. The van der Waals surface area contributed by atoms with E-state index in [4.69, 9.17) is 14.2 Å². The number of ether oxygens (including phenoxy) is 3. The minimum Gasteiger partial charge on any atom is -0.489 e. The second-order valence-electron chi connectivity index (χ2n) is 11.9. The predicted molar refractivity (Wildman–Crippen MR) is 176 cm³/mol. The molecule has 1 aliphatic carbocycles. The maximum Gasteiger partial charge on any atom is 0.410 e. The van der Waals surface area contributed by atoms with Gasteiger partial charge in [-0.25, -0.2) is 9.59 Å². The van der Waals surface area contributed by atoms with Gasteiger partial charge >= 0.3 is 12.1 Å². The van der Waals surface area contributed by atoms with Crippen LogP contribution in [0, 0.1) is 6.92 Å². The van der Waals surface area contributed by atoms with E-state index in [2.05, 4.69) is 55.5 Å². The van der Waals surface area contributed by atoms with Gasteiger partial charge in [0.05, 0.1) is 6.54 Å². The molecule has 5 aromatic carbocycles. The summed E-state index contributed by atoms with van der Waals surface area (Å²) in [5.41, 5.74) is 9.78. The number of nitrogens with zero attached hydrogens (tertiary/aromatic N) is 1. The number of fused-ring (bicyclic) bond motifs is 4. The van der Waals surface area contributed by atoms with Crippen LogP contribution in [0.1, 0.15) is 44.9 Å². The van der Waals surface area contributed by atoms with Gasteiger partial charge in [0.15, 0.2) is 0 Å². The van der Waals surface area contributed by atoms with E-state index in [1.54, 1.807) is 0 Å². The van der Waals surface area contributed by atoms with E-state index in [0.717, 1.165) is 39.1 Å². The zero-order valence-corrected chi connectivity index (χ0v) is 25.7. The second-order valence-corrected chi connectivity index (χ2v) is 11.9. The Morgan fingerprint density at radius 1 is 0.674 bits per heavy atom. The highest BCUT2D eigenvalue weighted by Crippen LogP contribution is 2.44. The molecule has 7 rings (SSSR count). The summed E-state index contributed by atoms with van der Waals surface area (Å²) in [4.78, 5) is 28.7. The number of benzene rings is 5. The molecule has 1 heterocycles. The van der Waals surface area contributed by atoms with Crippen molar-refractivity contribution >= 4 is 12.1 Å². The van der Waals surface area contributed by atoms with Gasteiger partial charge in [-0.3, -0.25) is 4.90 Å². The van der Waals surface area contributed by atoms with Gasteiger partial charge in [-0.15, -0.1) is 0 Å². The van der Waals surface area contributed by atoms with E-state index < -0.39 is 18.1 Å². The van der Waals surface area contributed by atoms with E-state index in [1.807, 2.05) is 72.8 Å². The summed E-state index contributed by atoms with van der Waals surface area (Å²) in [6.07, 6.45) is -0.154. The lowest BCUT2D eigenvalue weighted by atomic mass is 9.94. The molecule has 0 spiro atoms. The van der Waals surface area contributed by atoms with Gasteiger partial charge in [0.2, 0.25) is 0 Å². The van der Waals surface area contributed by atoms with Crippen LogP contribution in [-0.2, 0) is 40.4 Å². The highest BCUT2D eigenvalue weighted by atomic mass is 16.6. The Hall–Kier alpha value is -5.36. The number of carbonyl (C=O) groups is 2. The first kappa shape index (κ1) is 29.4. The van der Waals surface area contributed by atoms with E-state index >= 15 is 0 Å². The number of aryl methyl sites for hydroxylation is 1. The molecule has 0 N–H and O–H groups in total. The summed E-state index contributed by atoms with van der Waals surface area (Å²) in [7, 11) is 0. The first-order valence-corrected chi connectivity index (χ1v) is 15.7. The highest BCUT2D eigenvalue weighted by Gasteiger charge is 2.38. The van der Waals surface area contributed by atoms with Crippen LogP contribution in [0.4, 0.5) is 4.79 Å². The lowest BCUT2D eigenvalue weighted by Gasteiger charge is -2.34. The van der Waals surface area contributed by atoms with Gasteiger partial charge in [0, 0.05) is 12.3 Å². The van der Waals surface area contributed by atoms with Crippen molar-refractivity contribution in [3.8, 4) is 16.9 Å². The van der Waals surface area contributed by atoms with Crippen molar-refractivity contribution in [1.29, 1.82) is 0 Å². The third kappa shape index (κ3) is 6.11. The molecule has 0 saturated heterocycles. The van der Waals surface area contributed by atoms with Crippen molar-refractivity contribution in [3.63, 3.8) is 0 Å². The van der Waals surface area contributed by atoms with Crippen LogP contribution in [0.15, 0.2) is 121 Å². The van der Waals surface area contributed by atoms with Gasteiger partial charge in [0.1, 0.15) is 31.6 Å². The Morgan fingerprint density at radius 2 is 1.26 bits per heavy atom. The molecule has 1 atom stereocenters. The first-order chi connectivity index (χ1) is 22.5. The summed E-state index contributed by atoms with van der Waals surface area (Å²) in [5.74, 6) is 0.214. The lowest BCUT2D eigenvalue weighted by molar-refractivity contribution is -0.151. The zero-order valence-electron chi connectivity index (χ0n) is 25.7. The highest BCUT2D eigenvalue weighted by molar-refractivity contribution is 5.83. The summed E-state index contributed by atoms with van der Waals surface area (Å²) in [5, 5.41) is 0. The minimum atomic E-state index is -0.789. The fourth-order valence-corrected chi connectivity index (χ4v) is 6.39. The lowest BCUT2D eigenvalue weighted by Crippen LogP contribution is -2.49. The minimum absolute atomic E-state index is 0.0670. The average molecular weight is 610 g/mol. The number of hydrogen-bond donors (Lipinski definition) is 0. The molecule has 6 heteroatoms. The number of amides is 1. The fourth-order valence-electron chi connectivity index (χ4n) is 6.39. The topological polar surface area (TPSA) is 65.1 Å². The van der Waals surface area contributed by atoms with Crippen LogP contribution >= 0.6 is 0 Å². The van der Waals surface area contributed by atoms with Gasteiger partial charge in [-0.05, 0) is 63.6 Å². The summed E-state index contributed by atoms with van der Waals surface area (Å²) < 4.78 is 17.7. The molecule has 2 aliphatic rings. The van der Waals surface area contributed by atoms with Crippen molar-refractivity contribution in [2.24, 2.45) is 0 Å². The average Bonchev–Trinajstić information content (AvgIpc) is 3.42. The Morgan fingerprint density at radius 3 is 1.96 bits per heavy atom. The molecule has 0 fully saturated rings. The van der Waals surface area contributed by atoms with Gasteiger partial charge in [-0.1, -0.05) is 115 Å². The summed E-state index contributed by atoms with van der Waals surface area (Å²) >= 11 is 0. The molecule has 46 heavy (non-hydrogen) atoms.